The summed E-state index contributed by atoms with van der Waals surface area (Å²) in [6, 6.07) is -0.625. The third-order valence-electron chi connectivity index (χ3n) is 17.1. The van der Waals surface area contributed by atoms with Crippen LogP contribution in [-0.2, 0) is 14.3 Å². The van der Waals surface area contributed by atoms with Crippen molar-refractivity contribution in [3.05, 3.63) is 48.6 Å². The van der Waals surface area contributed by atoms with E-state index in [9.17, 15) is 19.8 Å². The molecule has 1 amide bonds. The number of allylic oxidation sites excluding steroid dienone is 7. The SMILES string of the molecule is CCCCC/C=C\C/C=C\CCCCCCCCCCCC(=O)OCCCCCCCCCCCCCC/C=C\CCCCCCCCCCCCCCCCCCCC(=O)NC(CO)C(O)/C=C/CCCCCCCCCCCCC. The van der Waals surface area contributed by atoms with Crippen LogP contribution in [0.25, 0.3) is 0 Å². The van der Waals surface area contributed by atoms with Gasteiger partial charge in [-0.15, -0.1) is 0 Å². The lowest BCUT2D eigenvalue weighted by atomic mass is 10.0. The van der Waals surface area contributed by atoms with Gasteiger partial charge in [0.1, 0.15) is 0 Å². The Labute approximate surface area is 512 Å². The molecule has 0 aromatic carbocycles. The Morgan fingerprint density at radius 3 is 0.963 bits per heavy atom. The fourth-order valence-electron chi connectivity index (χ4n) is 11.4. The number of aliphatic hydroxyl groups excluding tert-OH is 2. The van der Waals surface area contributed by atoms with E-state index in [1.54, 1.807) is 6.08 Å². The van der Waals surface area contributed by atoms with Crippen LogP contribution >= 0.6 is 0 Å². The van der Waals surface area contributed by atoms with Crippen molar-refractivity contribution in [1.82, 2.24) is 5.32 Å². The number of ether oxygens (including phenoxy) is 1. The van der Waals surface area contributed by atoms with E-state index in [0.717, 1.165) is 51.4 Å². The second kappa shape index (κ2) is 71.3. The molecule has 0 bridgehead atoms. The van der Waals surface area contributed by atoms with Gasteiger partial charge in [-0.3, -0.25) is 9.59 Å². The lowest BCUT2D eigenvalue weighted by molar-refractivity contribution is -0.143. The topological polar surface area (TPSA) is 95.9 Å². The molecule has 0 aliphatic rings. The number of nitrogens with one attached hydrogen (secondary N) is 1. The predicted octanol–water partition coefficient (Wildman–Crippen LogP) is 24.0. The van der Waals surface area contributed by atoms with Crippen LogP contribution in [0, 0.1) is 0 Å². The van der Waals surface area contributed by atoms with Gasteiger partial charge in [0, 0.05) is 12.8 Å². The number of carbonyl (C=O) groups is 2. The summed E-state index contributed by atoms with van der Waals surface area (Å²) in [5.41, 5.74) is 0. The van der Waals surface area contributed by atoms with Gasteiger partial charge in [0.05, 0.1) is 25.4 Å². The van der Waals surface area contributed by atoms with Crippen LogP contribution in [0.15, 0.2) is 48.6 Å². The Balaban J connectivity index is 3.34. The maximum absolute atomic E-state index is 12.5. The van der Waals surface area contributed by atoms with Crippen molar-refractivity contribution < 1.29 is 24.5 Å². The average Bonchev–Trinajstić information content (AvgIpc) is 3.48. The van der Waals surface area contributed by atoms with Crippen LogP contribution in [0.2, 0.25) is 0 Å². The minimum Gasteiger partial charge on any atom is -0.466 e. The average molecular weight is 1150 g/mol. The summed E-state index contributed by atoms with van der Waals surface area (Å²) in [4.78, 5) is 24.6. The molecule has 3 N–H and O–H groups in total. The second-order valence-corrected chi connectivity index (χ2v) is 25.3. The first kappa shape index (κ1) is 79.8. The smallest absolute Gasteiger partial charge is 0.305 e. The molecule has 0 saturated carbocycles. The molecule has 2 atom stereocenters. The Bertz CT molecular complexity index is 1370. The number of hydrogen-bond acceptors (Lipinski definition) is 5. The monoisotopic (exact) mass is 1150 g/mol. The molecule has 0 heterocycles. The van der Waals surface area contributed by atoms with Gasteiger partial charge in [0.2, 0.25) is 5.91 Å². The van der Waals surface area contributed by atoms with Crippen molar-refractivity contribution in [3.63, 3.8) is 0 Å². The van der Waals surface area contributed by atoms with Crippen LogP contribution in [0.3, 0.4) is 0 Å². The molecule has 482 valence electrons. The molecule has 82 heavy (non-hydrogen) atoms. The summed E-state index contributed by atoms with van der Waals surface area (Å²) in [6.45, 7) is 4.90. The number of carbonyl (C=O) groups excluding carboxylic acids is 2. The molecule has 0 radical (unpaired) electrons. The first-order chi connectivity index (χ1) is 40.5. The molecule has 6 heteroatoms. The fraction of sp³-hybridized carbons (Fsp3) is 0.868. The van der Waals surface area contributed by atoms with Crippen LogP contribution in [0.5, 0.6) is 0 Å². The van der Waals surface area contributed by atoms with E-state index in [4.69, 9.17) is 4.74 Å². The van der Waals surface area contributed by atoms with E-state index in [1.165, 1.54) is 321 Å². The van der Waals surface area contributed by atoms with Crippen LogP contribution in [0.4, 0.5) is 0 Å². The second-order valence-electron chi connectivity index (χ2n) is 25.3. The number of aliphatic hydroxyl groups is 2. The molecule has 2 unspecified atom stereocenters. The summed E-state index contributed by atoms with van der Waals surface area (Å²) in [5, 5.41) is 23.1. The number of unbranched alkanes of at least 4 members (excludes halogenated alkanes) is 52. The van der Waals surface area contributed by atoms with Crippen molar-refractivity contribution >= 4 is 11.9 Å². The third kappa shape index (κ3) is 67.0. The molecule has 0 aliphatic heterocycles. The highest BCUT2D eigenvalue weighted by atomic mass is 16.5. The Hall–Kier alpha value is -2.18. The number of amides is 1. The minimum absolute atomic E-state index is 0.0149. The quantitative estimate of drug-likeness (QED) is 0.0320. The number of hydrogen-bond donors (Lipinski definition) is 3. The van der Waals surface area contributed by atoms with E-state index in [2.05, 4.69) is 55.6 Å². The molecule has 0 aromatic rings. The summed E-state index contributed by atoms with van der Waals surface area (Å²) in [6.07, 6.45) is 93.6. The number of rotatable bonds is 69. The standard InChI is InChI=1S/C76H143NO5/c1-3-5-7-9-11-13-15-17-18-19-35-39-42-46-50-54-58-62-66-70-76(81)82-71-67-63-59-55-51-47-43-40-37-34-32-30-28-26-24-22-20-21-23-25-27-29-31-33-36-38-41-45-49-53-57-61-65-69-75(80)77-73(72-78)74(79)68-64-60-56-52-48-44-16-14-12-10-8-6-4-2/h11,13,17-18,24,26,64,68,73-74,78-79H,3-10,12,14-16,19-23,25,27-63,65-67,69-72H2,1-2H3,(H,77,80)/b13-11-,18-17-,26-24-,68-64+. The number of esters is 1. The summed E-state index contributed by atoms with van der Waals surface area (Å²) in [5.74, 6) is -0.0489. The Morgan fingerprint density at radius 2 is 0.610 bits per heavy atom. The minimum atomic E-state index is -0.842. The van der Waals surface area contributed by atoms with Gasteiger partial charge >= 0.3 is 5.97 Å². The molecule has 0 aliphatic carbocycles. The summed E-state index contributed by atoms with van der Waals surface area (Å²) >= 11 is 0. The first-order valence-electron chi connectivity index (χ1n) is 36.9. The lowest BCUT2D eigenvalue weighted by Crippen LogP contribution is -2.45. The Morgan fingerprint density at radius 1 is 0.341 bits per heavy atom. The van der Waals surface area contributed by atoms with Gasteiger partial charge in [0.15, 0.2) is 0 Å². The first-order valence-corrected chi connectivity index (χ1v) is 36.9. The molecular weight excluding hydrogens is 1010 g/mol. The molecule has 0 aromatic heterocycles. The van der Waals surface area contributed by atoms with Gasteiger partial charge < -0.3 is 20.3 Å². The van der Waals surface area contributed by atoms with Gasteiger partial charge in [-0.2, -0.15) is 0 Å². The van der Waals surface area contributed by atoms with E-state index < -0.39 is 12.1 Å². The molecule has 6 nitrogen and oxygen atoms in total. The van der Waals surface area contributed by atoms with Gasteiger partial charge in [0.25, 0.3) is 0 Å². The normalized spacial score (nSPS) is 12.8. The molecule has 0 fully saturated rings. The van der Waals surface area contributed by atoms with Crippen molar-refractivity contribution in [2.75, 3.05) is 13.2 Å². The Kier molecular flexibility index (Phi) is 69.4. The molecule has 0 rings (SSSR count). The summed E-state index contributed by atoms with van der Waals surface area (Å²) in [7, 11) is 0. The van der Waals surface area contributed by atoms with E-state index in [0.29, 0.717) is 19.4 Å². The largest absolute Gasteiger partial charge is 0.466 e. The van der Waals surface area contributed by atoms with Crippen molar-refractivity contribution in [2.24, 2.45) is 0 Å². The van der Waals surface area contributed by atoms with Crippen LogP contribution in [-0.4, -0.2) is 47.4 Å². The van der Waals surface area contributed by atoms with Crippen LogP contribution < -0.4 is 5.32 Å². The van der Waals surface area contributed by atoms with E-state index in [-0.39, 0.29) is 18.5 Å². The van der Waals surface area contributed by atoms with Gasteiger partial charge in [-0.25, -0.2) is 0 Å². The lowest BCUT2D eigenvalue weighted by Gasteiger charge is -2.20. The van der Waals surface area contributed by atoms with E-state index >= 15 is 0 Å². The maximum atomic E-state index is 12.5. The molecular formula is C76H143NO5. The van der Waals surface area contributed by atoms with E-state index in [1.807, 2.05) is 6.08 Å². The zero-order valence-corrected chi connectivity index (χ0v) is 55.2. The third-order valence-corrected chi connectivity index (χ3v) is 17.1. The molecule has 0 saturated heterocycles. The fourth-order valence-corrected chi connectivity index (χ4v) is 11.4. The predicted molar refractivity (Wildman–Crippen MR) is 361 cm³/mol. The maximum Gasteiger partial charge on any atom is 0.305 e. The van der Waals surface area contributed by atoms with Crippen molar-refractivity contribution in [1.29, 1.82) is 0 Å². The van der Waals surface area contributed by atoms with Crippen molar-refractivity contribution in [2.45, 2.75) is 411 Å². The summed E-state index contributed by atoms with van der Waals surface area (Å²) < 4.78 is 5.51. The van der Waals surface area contributed by atoms with Crippen molar-refractivity contribution in [3.8, 4) is 0 Å². The van der Waals surface area contributed by atoms with Gasteiger partial charge in [-0.05, 0) is 89.9 Å². The highest BCUT2D eigenvalue weighted by Crippen LogP contribution is 2.18. The zero-order valence-electron chi connectivity index (χ0n) is 55.2. The van der Waals surface area contributed by atoms with Gasteiger partial charge in [-0.1, -0.05) is 345 Å². The van der Waals surface area contributed by atoms with Crippen LogP contribution in [0.1, 0.15) is 399 Å². The highest BCUT2D eigenvalue weighted by Gasteiger charge is 2.18. The zero-order chi connectivity index (χ0) is 59.2. The molecule has 0 spiro atoms. The highest BCUT2D eigenvalue weighted by molar-refractivity contribution is 5.76.